The fraction of sp³-hybridized carbons (Fsp3) is 0.0667. The molecular weight excluding hydrogens is 246 g/mol. The number of ether oxygens (including phenoxy) is 1. The van der Waals surface area contributed by atoms with Gasteiger partial charge < -0.3 is 9.72 Å². The van der Waals surface area contributed by atoms with Crippen LogP contribution in [0.1, 0.15) is 5.56 Å². The molecule has 18 heavy (non-hydrogen) atoms. The van der Waals surface area contributed by atoms with E-state index in [1.165, 1.54) is 0 Å². The van der Waals surface area contributed by atoms with E-state index < -0.39 is 0 Å². The third kappa shape index (κ3) is 1.95. The van der Waals surface area contributed by atoms with Crippen LogP contribution in [0.3, 0.4) is 0 Å². The minimum Gasteiger partial charge on any atom is -0.455 e. The molecule has 0 aliphatic rings. The van der Waals surface area contributed by atoms with Gasteiger partial charge in [0.1, 0.15) is 11.5 Å². The summed E-state index contributed by atoms with van der Waals surface area (Å²) in [5, 5.41) is 1.68. The zero-order valence-electron chi connectivity index (χ0n) is 9.91. The smallest absolute Gasteiger partial charge is 0.146 e. The fourth-order valence-corrected chi connectivity index (χ4v) is 2.23. The second kappa shape index (κ2) is 4.39. The van der Waals surface area contributed by atoms with E-state index in [0.717, 1.165) is 22.2 Å². The van der Waals surface area contributed by atoms with E-state index in [1.54, 1.807) is 0 Å². The van der Waals surface area contributed by atoms with Crippen molar-refractivity contribution in [1.82, 2.24) is 4.98 Å². The van der Waals surface area contributed by atoms with Gasteiger partial charge in [0.25, 0.3) is 0 Å². The number of rotatable bonds is 2. The van der Waals surface area contributed by atoms with Gasteiger partial charge >= 0.3 is 0 Å². The third-order valence-corrected chi connectivity index (χ3v) is 3.16. The highest BCUT2D eigenvalue weighted by Gasteiger charge is 2.06. The summed E-state index contributed by atoms with van der Waals surface area (Å²) in [7, 11) is 0. The molecule has 0 saturated heterocycles. The zero-order valence-corrected chi connectivity index (χ0v) is 10.7. The predicted octanol–water partition coefficient (Wildman–Crippen LogP) is 4.92. The van der Waals surface area contributed by atoms with Crippen molar-refractivity contribution in [2.45, 2.75) is 6.92 Å². The summed E-state index contributed by atoms with van der Waals surface area (Å²) in [6.45, 7) is 2.00. The van der Waals surface area contributed by atoms with Crippen molar-refractivity contribution in [3.63, 3.8) is 0 Å². The maximum atomic E-state index is 6.17. The van der Waals surface area contributed by atoms with E-state index in [1.807, 2.05) is 55.6 Å². The second-order valence-electron chi connectivity index (χ2n) is 4.23. The van der Waals surface area contributed by atoms with Gasteiger partial charge in [-0.15, -0.1) is 0 Å². The SMILES string of the molecule is Cc1ccc(Oc2cccc3[nH]ccc23)c(Cl)c1. The number of hydrogen-bond donors (Lipinski definition) is 1. The lowest BCUT2D eigenvalue weighted by atomic mass is 10.2. The van der Waals surface area contributed by atoms with Gasteiger partial charge in [-0.05, 0) is 42.8 Å². The molecule has 3 rings (SSSR count). The van der Waals surface area contributed by atoms with Crippen LogP contribution >= 0.6 is 11.6 Å². The van der Waals surface area contributed by atoms with E-state index in [4.69, 9.17) is 16.3 Å². The molecule has 1 N–H and O–H groups in total. The molecule has 0 amide bonds. The van der Waals surface area contributed by atoms with E-state index in [9.17, 15) is 0 Å². The van der Waals surface area contributed by atoms with E-state index in [-0.39, 0.29) is 0 Å². The van der Waals surface area contributed by atoms with Crippen molar-refractivity contribution >= 4 is 22.5 Å². The standard InChI is InChI=1S/C15H12ClNO/c1-10-5-6-15(12(16)9-10)18-14-4-2-3-13-11(14)7-8-17-13/h2-9,17H,1H3. The molecule has 0 bridgehead atoms. The van der Waals surface area contributed by atoms with Crippen molar-refractivity contribution in [2.75, 3.05) is 0 Å². The molecular formula is C15H12ClNO. The quantitative estimate of drug-likeness (QED) is 0.692. The molecule has 0 unspecified atom stereocenters. The van der Waals surface area contributed by atoms with Crippen LogP contribution in [-0.2, 0) is 0 Å². The first-order chi connectivity index (χ1) is 8.74. The number of benzene rings is 2. The second-order valence-corrected chi connectivity index (χ2v) is 4.64. The highest BCUT2D eigenvalue weighted by molar-refractivity contribution is 6.32. The Balaban J connectivity index is 2.03. The van der Waals surface area contributed by atoms with Crippen LogP contribution < -0.4 is 4.74 Å². The summed E-state index contributed by atoms with van der Waals surface area (Å²) < 4.78 is 5.88. The van der Waals surface area contributed by atoms with Gasteiger partial charge in [-0.1, -0.05) is 23.7 Å². The van der Waals surface area contributed by atoms with Crippen LogP contribution in [0.2, 0.25) is 5.02 Å². The third-order valence-electron chi connectivity index (χ3n) is 2.86. The number of fused-ring (bicyclic) bond motifs is 1. The largest absolute Gasteiger partial charge is 0.455 e. The normalized spacial score (nSPS) is 10.8. The Morgan fingerprint density at radius 1 is 1.06 bits per heavy atom. The minimum atomic E-state index is 0.627. The Labute approximate surface area is 110 Å². The van der Waals surface area contributed by atoms with Gasteiger partial charge in [-0.3, -0.25) is 0 Å². The summed E-state index contributed by atoms with van der Waals surface area (Å²) in [6, 6.07) is 13.7. The fourth-order valence-electron chi connectivity index (χ4n) is 1.95. The maximum absolute atomic E-state index is 6.17. The highest BCUT2D eigenvalue weighted by atomic mass is 35.5. The molecule has 0 radical (unpaired) electrons. The van der Waals surface area contributed by atoms with Crippen LogP contribution in [0, 0.1) is 6.92 Å². The van der Waals surface area contributed by atoms with Crippen LogP contribution in [0.25, 0.3) is 10.9 Å². The Hall–Kier alpha value is -1.93. The molecule has 3 aromatic rings. The van der Waals surface area contributed by atoms with Gasteiger partial charge in [-0.2, -0.15) is 0 Å². The molecule has 0 spiro atoms. The predicted molar refractivity (Wildman–Crippen MR) is 74.6 cm³/mol. The van der Waals surface area contributed by atoms with Crippen molar-refractivity contribution in [1.29, 1.82) is 0 Å². The van der Waals surface area contributed by atoms with Gasteiger partial charge in [0.05, 0.1) is 5.02 Å². The first-order valence-corrected chi connectivity index (χ1v) is 6.12. The number of aryl methyl sites for hydroxylation is 1. The number of nitrogens with one attached hydrogen (secondary N) is 1. The number of aromatic amines is 1. The number of halogens is 1. The Bertz CT molecular complexity index is 703. The molecule has 0 aliphatic heterocycles. The molecule has 0 fully saturated rings. The summed E-state index contributed by atoms with van der Waals surface area (Å²) in [5.41, 5.74) is 2.17. The lowest BCUT2D eigenvalue weighted by Gasteiger charge is -2.09. The van der Waals surface area contributed by atoms with Crippen LogP contribution in [0.15, 0.2) is 48.7 Å². The molecule has 0 atom stereocenters. The summed E-state index contributed by atoms with van der Waals surface area (Å²) in [4.78, 5) is 3.16. The zero-order chi connectivity index (χ0) is 12.5. The summed E-state index contributed by atoms with van der Waals surface area (Å²) >= 11 is 6.17. The first kappa shape index (κ1) is 11.2. The average Bonchev–Trinajstić information content (AvgIpc) is 2.82. The van der Waals surface area contributed by atoms with E-state index in [2.05, 4.69) is 4.98 Å². The van der Waals surface area contributed by atoms with E-state index >= 15 is 0 Å². The monoisotopic (exact) mass is 257 g/mol. The van der Waals surface area contributed by atoms with Crippen LogP contribution in [-0.4, -0.2) is 4.98 Å². The van der Waals surface area contributed by atoms with Crippen LogP contribution in [0.5, 0.6) is 11.5 Å². The van der Waals surface area contributed by atoms with Crippen molar-refractivity contribution < 1.29 is 4.74 Å². The number of aromatic nitrogens is 1. The number of hydrogen-bond acceptors (Lipinski definition) is 1. The maximum Gasteiger partial charge on any atom is 0.146 e. The van der Waals surface area contributed by atoms with Crippen molar-refractivity contribution in [3.05, 3.63) is 59.2 Å². The molecule has 2 aromatic carbocycles. The molecule has 3 heteroatoms. The Morgan fingerprint density at radius 3 is 2.78 bits per heavy atom. The Morgan fingerprint density at radius 2 is 1.94 bits per heavy atom. The molecule has 90 valence electrons. The van der Waals surface area contributed by atoms with E-state index in [0.29, 0.717) is 10.8 Å². The summed E-state index contributed by atoms with van der Waals surface area (Å²) in [6.07, 6.45) is 1.90. The van der Waals surface area contributed by atoms with Gasteiger partial charge in [0.2, 0.25) is 0 Å². The minimum absolute atomic E-state index is 0.627. The summed E-state index contributed by atoms with van der Waals surface area (Å²) in [5.74, 6) is 1.48. The van der Waals surface area contributed by atoms with Gasteiger partial charge in [0.15, 0.2) is 0 Å². The lowest BCUT2D eigenvalue weighted by Crippen LogP contribution is -1.86. The lowest BCUT2D eigenvalue weighted by molar-refractivity contribution is 0.488. The highest BCUT2D eigenvalue weighted by Crippen LogP contribution is 2.33. The number of H-pyrrole nitrogens is 1. The molecule has 0 aliphatic carbocycles. The first-order valence-electron chi connectivity index (χ1n) is 5.74. The molecule has 1 heterocycles. The average molecular weight is 258 g/mol. The van der Waals surface area contributed by atoms with Gasteiger partial charge in [-0.25, -0.2) is 0 Å². The molecule has 1 aromatic heterocycles. The molecule has 0 saturated carbocycles. The van der Waals surface area contributed by atoms with Crippen molar-refractivity contribution in [3.8, 4) is 11.5 Å². The topological polar surface area (TPSA) is 25.0 Å². The van der Waals surface area contributed by atoms with Gasteiger partial charge in [0, 0.05) is 17.1 Å². The Kier molecular flexibility index (Phi) is 2.73. The molecule has 2 nitrogen and oxygen atoms in total. The van der Waals surface area contributed by atoms with Crippen LogP contribution in [0.4, 0.5) is 0 Å². The van der Waals surface area contributed by atoms with Crippen molar-refractivity contribution in [2.24, 2.45) is 0 Å².